The normalized spacial score (nSPS) is 17.2. The van der Waals surface area contributed by atoms with Crippen LogP contribution >= 0.6 is 0 Å². The average Bonchev–Trinajstić information content (AvgIpc) is 3.35. The summed E-state index contributed by atoms with van der Waals surface area (Å²) in [6, 6.07) is 3.11. The first-order chi connectivity index (χ1) is 12.6. The van der Waals surface area contributed by atoms with Gasteiger partial charge in [-0.15, -0.1) is 5.10 Å². The van der Waals surface area contributed by atoms with Crippen LogP contribution in [0, 0.1) is 0 Å². The number of rotatable bonds is 6. The largest absolute Gasteiger partial charge is 0.468 e. The predicted octanol–water partition coefficient (Wildman–Crippen LogP) is 0.0791. The third kappa shape index (κ3) is 3.85. The van der Waals surface area contributed by atoms with Crippen LogP contribution in [0.25, 0.3) is 0 Å². The molecule has 0 radical (unpaired) electrons. The first-order valence-electron chi connectivity index (χ1n) is 8.36. The van der Waals surface area contributed by atoms with Gasteiger partial charge in [-0.2, -0.15) is 0 Å². The Kier molecular flexibility index (Phi) is 5.52. The number of furan rings is 1. The number of hydrogen-bond donors (Lipinski definition) is 2. The minimum Gasteiger partial charge on any atom is -0.468 e. The van der Waals surface area contributed by atoms with Crippen molar-refractivity contribution in [2.24, 2.45) is 0 Å². The van der Waals surface area contributed by atoms with Crippen LogP contribution in [0.15, 0.2) is 22.7 Å². The van der Waals surface area contributed by atoms with Gasteiger partial charge >= 0.3 is 0 Å². The smallest absolute Gasteiger partial charge is 0.289 e. The second-order valence-electron chi connectivity index (χ2n) is 5.93. The monoisotopic (exact) mass is 363 g/mol. The number of nitrogens with one attached hydrogen (secondary N) is 1. The Morgan fingerprint density at radius 3 is 3.04 bits per heavy atom. The van der Waals surface area contributed by atoms with E-state index >= 15 is 0 Å². The number of carbonyl (C=O) groups is 2. The van der Waals surface area contributed by atoms with Crippen LogP contribution in [0.1, 0.15) is 39.9 Å². The van der Waals surface area contributed by atoms with Gasteiger partial charge in [0.2, 0.25) is 0 Å². The number of aliphatic hydroxyl groups excluding tert-OH is 1. The molecular formula is C16H21N5O5. The van der Waals surface area contributed by atoms with Gasteiger partial charge in [-0.3, -0.25) is 9.59 Å². The number of likely N-dealkylation sites (tertiary alicyclic amines) is 1. The third-order valence-electron chi connectivity index (χ3n) is 4.19. The summed E-state index contributed by atoms with van der Waals surface area (Å²) in [5.41, 5.74) is 0.178. The van der Waals surface area contributed by atoms with Crippen molar-refractivity contribution in [2.75, 3.05) is 33.4 Å². The molecule has 2 aromatic heterocycles. The van der Waals surface area contributed by atoms with Crippen molar-refractivity contribution in [2.45, 2.75) is 18.9 Å². The molecule has 2 amide bonds. The lowest BCUT2D eigenvalue weighted by molar-refractivity contribution is 0.0633. The lowest BCUT2D eigenvalue weighted by Gasteiger charge is -2.31. The molecule has 2 N–H and O–H groups in total. The number of hydrogen-bond acceptors (Lipinski definition) is 7. The fourth-order valence-electron chi connectivity index (χ4n) is 2.87. The van der Waals surface area contributed by atoms with Crippen molar-refractivity contribution in [1.82, 2.24) is 25.2 Å². The number of piperidine rings is 1. The summed E-state index contributed by atoms with van der Waals surface area (Å²) in [5, 5.41) is 19.2. The van der Waals surface area contributed by atoms with E-state index < -0.39 is 5.91 Å². The van der Waals surface area contributed by atoms with Gasteiger partial charge in [-0.05, 0) is 18.9 Å². The minimum absolute atomic E-state index is 0.0727. The molecule has 1 saturated heterocycles. The van der Waals surface area contributed by atoms with E-state index in [2.05, 4.69) is 15.6 Å². The lowest BCUT2D eigenvalue weighted by Crippen LogP contribution is -2.40. The molecule has 0 bridgehead atoms. The molecule has 140 valence electrons. The van der Waals surface area contributed by atoms with Crippen molar-refractivity contribution in [3.05, 3.63) is 29.8 Å². The number of methoxy groups -OCH3 is 1. The van der Waals surface area contributed by atoms with E-state index in [-0.39, 0.29) is 42.5 Å². The number of aliphatic hydroxyl groups is 1. The van der Waals surface area contributed by atoms with Gasteiger partial charge in [-0.1, -0.05) is 5.21 Å². The van der Waals surface area contributed by atoms with Crippen LogP contribution in [0.4, 0.5) is 0 Å². The Labute approximate surface area is 149 Å². The highest BCUT2D eigenvalue weighted by Crippen LogP contribution is 2.24. The molecule has 2 aromatic rings. The molecule has 3 rings (SSSR count). The molecule has 0 aliphatic carbocycles. The van der Waals surface area contributed by atoms with E-state index in [4.69, 9.17) is 14.3 Å². The Balaban J connectivity index is 1.65. The second-order valence-corrected chi connectivity index (χ2v) is 5.93. The van der Waals surface area contributed by atoms with E-state index in [0.717, 1.165) is 12.8 Å². The summed E-state index contributed by atoms with van der Waals surface area (Å²) in [5.74, 6) is -0.0855. The number of aromatic nitrogens is 3. The summed E-state index contributed by atoms with van der Waals surface area (Å²) in [4.78, 5) is 26.1. The molecule has 0 saturated carbocycles. The first-order valence-corrected chi connectivity index (χ1v) is 8.36. The van der Waals surface area contributed by atoms with Gasteiger partial charge in [0, 0.05) is 25.7 Å². The number of ether oxygens (including phenoxy) is 1. The lowest BCUT2D eigenvalue weighted by atomic mass is 10.1. The first kappa shape index (κ1) is 17.9. The molecule has 0 spiro atoms. The van der Waals surface area contributed by atoms with Crippen LogP contribution in [0.2, 0.25) is 0 Å². The molecule has 10 heteroatoms. The Hall–Kier alpha value is -2.88. The van der Waals surface area contributed by atoms with E-state index in [9.17, 15) is 9.59 Å². The van der Waals surface area contributed by atoms with Crippen LogP contribution in [-0.4, -0.2) is 70.2 Å². The van der Waals surface area contributed by atoms with Crippen molar-refractivity contribution < 1.29 is 23.8 Å². The second kappa shape index (κ2) is 8.00. The van der Waals surface area contributed by atoms with Crippen molar-refractivity contribution >= 4 is 11.8 Å². The Morgan fingerprint density at radius 2 is 2.31 bits per heavy atom. The fraction of sp³-hybridized carbons (Fsp3) is 0.500. The summed E-state index contributed by atoms with van der Waals surface area (Å²) in [6.07, 6.45) is 3.19. The molecule has 0 aromatic carbocycles. The highest BCUT2D eigenvalue weighted by atomic mass is 16.6. The zero-order valence-electron chi connectivity index (χ0n) is 14.4. The van der Waals surface area contributed by atoms with Gasteiger partial charge in [-0.25, -0.2) is 4.68 Å². The van der Waals surface area contributed by atoms with Crippen LogP contribution < -0.4 is 10.1 Å². The Morgan fingerprint density at radius 1 is 1.46 bits per heavy atom. The van der Waals surface area contributed by atoms with Gasteiger partial charge in [0.05, 0.1) is 26.0 Å². The molecule has 10 nitrogen and oxygen atoms in total. The van der Waals surface area contributed by atoms with E-state index in [0.29, 0.717) is 13.1 Å². The minimum atomic E-state index is -0.392. The molecule has 1 aliphatic rings. The Bertz CT molecular complexity index is 771. The standard InChI is InChI=1S/C16H21N5O5/c1-25-14-5-4-13(26-14)16(24)20-7-2-3-11(9-20)21-10-12(18-19-21)15(23)17-6-8-22/h4-5,10-11,22H,2-3,6-9H2,1H3,(H,17,23)/t11-/m1/s1. The van der Waals surface area contributed by atoms with Gasteiger partial charge in [0.25, 0.3) is 17.8 Å². The molecule has 3 heterocycles. The van der Waals surface area contributed by atoms with Crippen molar-refractivity contribution in [1.29, 1.82) is 0 Å². The molecular weight excluding hydrogens is 342 g/mol. The van der Waals surface area contributed by atoms with Crippen LogP contribution in [-0.2, 0) is 0 Å². The number of nitrogens with zero attached hydrogens (tertiary/aromatic N) is 4. The molecule has 26 heavy (non-hydrogen) atoms. The zero-order chi connectivity index (χ0) is 18.5. The van der Waals surface area contributed by atoms with Gasteiger partial charge in [0.15, 0.2) is 11.5 Å². The molecule has 1 fully saturated rings. The summed E-state index contributed by atoms with van der Waals surface area (Å²) in [7, 11) is 1.48. The molecule has 0 unspecified atom stereocenters. The molecule has 1 aliphatic heterocycles. The van der Waals surface area contributed by atoms with Crippen molar-refractivity contribution in [3.63, 3.8) is 0 Å². The van der Waals surface area contributed by atoms with E-state index in [1.54, 1.807) is 27.9 Å². The van der Waals surface area contributed by atoms with Gasteiger partial charge < -0.3 is 24.5 Å². The predicted molar refractivity (Wildman–Crippen MR) is 88.9 cm³/mol. The van der Waals surface area contributed by atoms with Crippen LogP contribution in [0.3, 0.4) is 0 Å². The van der Waals surface area contributed by atoms with E-state index in [1.165, 1.54) is 7.11 Å². The van der Waals surface area contributed by atoms with Crippen molar-refractivity contribution in [3.8, 4) is 5.95 Å². The maximum atomic E-state index is 12.6. The zero-order valence-corrected chi connectivity index (χ0v) is 14.4. The van der Waals surface area contributed by atoms with Crippen LogP contribution in [0.5, 0.6) is 5.95 Å². The molecule has 1 atom stereocenters. The van der Waals surface area contributed by atoms with E-state index in [1.807, 2.05) is 0 Å². The maximum Gasteiger partial charge on any atom is 0.289 e. The highest BCUT2D eigenvalue weighted by molar-refractivity contribution is 5.92. The quantitative estimate of drug-likeness (QED) is 0.745. The number of carbonyl (C=O) groups excluding carboxylic acids is 2. The highest BCUT2D eigenvalue weighted by Gasteiger charge is 2.28. The topological polar surface area (TPSA) is 123 Å². The SMILES string of the molecule is COc1ccc(C(=O)N2CCC[C@@H](n3cc(C(=O)NCCO)nn3)C2)o1. The maximum absolute atomic E-state index is 12.6. The fourth-order valence-corrected chi connectivity index (χ4v) is 2.87. The summed E-state index contributed by atoms with van der Waals surface area (Å²) in [6.45, 7) is 1.08. The third-order valence-corrected chi connectivity index (χ3v) is 4.19. The van der Waals surface area contributed by atoms with Gasteiger partial charge in [0.1, 0.15) is 0 Å². The number of amides is 2. The summed E-state index contributed by atoms with van der Waals surface area (Å²) < 4.78 is 11.9. The summed E-state index contributed by atoms with van der Waals surface area (Å²) >= 11 is 0. The average molecular weight is 363 g/mol.